The second kappa shape index (κ2) is 13.3. The number of Topliss-reactive ketones (excluding diaryl/α,β-unsaturated/α-hetero) is 1. The van der Waals surface area contributed by atoms with Crippen LogP contribution < -0.4 is 0 Å². The Morgan fingerprint density at radius 1 is 0.762 bits per heavy atom. The molecule has 0 aliphatic rings. The summed E-state index contributed by atoms with van der Waals surface area (Å²) in [4.78, 5) is 12.3. The maximum Gasteiger partial charge on any atom is 0.164 e. The largest absolute Gasteiger partial charge is 0.370 e. The summed E-state index contributed by atoms with van der Waals surface area (Å²) in [6, 6.07) is 0. The van der Waals surface area contributed by atoms with Crippen LogP contribution in [0, 0.1) is 0 Å². The van der Waals surface area contributed by atoms with Gasteiger partial charge in [0.05, 0.1) is 0 Å². The Balaban J connectivity index is 3.56. The van der Waals surface area contributed by atoms with Gasteiger partial charge in [0.25, 0.3) is 0 Å². The molecule has 0 atom stereocenters. The van der Waals surface area contributed by atoms with Gasteiger partial charge in [-0.3, -0.25) is 4.79 Å². The molecule has 0 spiro atoms. The summed E-state index contributed by atoms with van der Waals surface area (Å²) in [5, 5.41) is 0. The van der Waals surface area contributed by atoms with Gasteiger partial charge < -0.3 is 4.74 Å². The number of ketones is 1. The summed E-state index contributed by atoms with van der Waals surface area (Å²) in [5.74, 6) is 0.301. The molecule has 2 nitrogen and oxygen atoms in total. The first-order valence-corrected chi connectivity index (χ1v) is 9.25. The molecule has 0 fully saturated rings. The average Bonchev–Trinajstić information content (AvgIpc) is 2.51. The van der Waals surface area contributed by atoms with Crippen LogP contribution in [-0.2, 0) is 9.53 Å². The van der Waals surface area contributed by atoms with Crippen molar-refractivity contribution in [1.29, 1.82) is 0 Å². The molecule has 0 amide bonds. The van der Waals surface area contributed by atoms with Crippen LogP contribution in [0.5, 0.6) is 0 Å². The lowest BCUT2D eigenvalue weighted by Crippen LogP contribution is -2.39. The normalized spacial score (nSPS) is 11.8. The van der Waals surface area contributed by atoms with E-state index in [4.69, 9.17) is 4.74 Å². The van der Waals surface area contributed by atoms with Crippen molar-refractivity contribution < 1.29 is 9.53 Å². The molecule has 0 radical (unpaired) electrons. The van der Waals surface area contributed by atoms with Gasteiger partial charge in [0.1, 0.15) is 5.60 Å². The van der Waals surface area contributed by atoms with Crippen LogP contribution >= 0.6 is 0 Å². The molecule has 21 heavy (non-hydrogen) atoms. The number of methoxy groups -OCH3 is 1. The Bertz CT molecular complexity index is 236. The van der Waals surface area contributed by atoms with Gasteiger partial charge in [0.15, 0.2) is 5.78 Å². The first-order valence-electron chi connectivity index (χ1n) is 9.25. The zero-order valence-corrected chi connectivity index (χ0v) is 15.0. The first kappa shape index (κ1) is 20.6. The van der Waals surface area contributed by atoms with Crippen LogP contribution in [0.25, 0.3) is 0 Å². The zero-order chi connectivity index (χ0) is 16.0. The fourth-order valence-electron chi connectivity index (χ4n) is 3.05. The Kier molecular flexibility index (Phi) is 13.1. The van der Waals surface area contributed by atoms with Crippen molar-refractivity contribution in [1.82, 2.24) is 0 Å². The molecule has 0 unspecified atom stereocenters. The Morgan fingerprint density at radius 3 is 1.57 bits per heavy atom. The molecule has 0 bridgehead atoms. The number of carbonyl (C=O) groups is 1. The number of hydrogen-bond donors (Lipinski definition) is 0. The summed E-state index contributed by atoms with van der Waals surface area (Å²) in [5.41, 5.74) is -0.515. The van der Waals surface area contributed by atoms with E-state index < -0.39 is 5.60 Å². The third-order valence-corrected chi connectivity index (χ3v) is 4.80. The standard InChI is InChI=1S/C19H38O2/c1-5-8-9-10-11-12-13-14-15-16-17-18(20)19(6-2,7-3)21-4/h5-17H2,1-4H3. The van der Waals surface area contributed by atoms with Gasteiger partial charge in [-0.15, -0.1) is 0 Å². The van der Waals surface area contributed by atoms with Gasteiger partial charge in [0.2, 0.25) is 0 Å². The molecule has 0 heterocycles. The molecule has 126 valence electrons. The summed E-state index contributed by atoms with van der Waals surface area (Å²) < 4.78 is 5.49. The molecule has 0 N–H and O–H groups in total. The maximum absolute atomic E-state index is 12.3. The molecule has 0 aliphatic carbocycles. The van der Waals surface area contributed by atoms with E-state index in [-0.39, 0.29) is 0 Å². The van der Waals surface area contributed by atoms with E-state index in [1.54, 1.807) is 7.11 Å². The van der Waals surface area contributed by atoms with Gasteiger partial charge in [-0.2, -0.15) is 0 Å². The summed E-state index contributed by atoms with van der Waals surface area (Å²) in [6.07, 6.45) is 15.4. The van der Waals surface area contributed by atoms with Crippen LogP contribution in [0.3, 0.4) is 0 Å². The molecule has 0 aromatic carbocycles. The smallest absolute Gasteiger partial charge is 0.164 e. The molecule has 0 rings (SSSR count). The highest BCUT2D eigenvalue weighted by atomic mass is 16.5. The van der Waals surface area contributed by atoms with Crippen molar-refractivity contribution in [3.63, 3.8) is 0 Å². The Labute approximate surface area is 133 Å². The summed E-state index contributed by atoms with van der Waals surface area (Å²) in [6.45, 7) is 6.35. The minimum absolute atomic E-state index is 0.301. The molecular weight excluding hydrogens is 260 g/mol. The van der Waals surface area contributed by atoms with Crippen LogP contribution in [-0.4, -0.2) is 18.5 Å². The Hall–Kier alpha value is -0.370. The number of ether oxygens (including phenoxy) is 1. The molecule has 0 saturated heterocycles. The van der Waals surface area contributed by atoms with Crippen molar-refractivity contribution in [3.8, 4) is 0 Å². The summed E-state index contributed by atoms with van der Waals surface area (Å²) in [7, 11) is 1.67. The van der Waals surface area contributed by atoms with Crippen molar-refractivity contribution in [3.05, 3.63) is 0 Å². The van der Waals surface area contributed by atoms with Crippen molar-refractivity contribution in [2.24, 2.45) is 0 Å². The number of carbonyl (C=O) groups excluding carboxylic acids is 1. The lowest BCUT2D eigenvalue weighted by atomic mass is 9.88. The van der Waals surface area contributed by atoms with Crippen LogP contribution in [0.2, 0.25) is 0 Å². The lowest BCUT2D eigenvalue weighted by Gasteiger charge is -2.28. The van der Waals surface area contributed by atoms with E-state index in [1.165, 1.54) is 57.8 Å². The van der Waals surface area contributed by atoms with Gasteiger partial charge in [-0.05, 0) is 19.3 Å². The third-order valence-electron chi connectivity index (χ3n) is 4.80. The highest BCUT2D eigenvalue weighted by molar-refractivity contribution is 5.87. The monoisotopic (exact) mass is 298 g/mol. The predicted molar refractivity (Wildman–Crippen MR) is 91.8 cm³/mol. The molecule has 0 aliphatic heterocycles. The van der Waals surface area contributed by atoms with Gasteiger partial charge in [-0.1, -0.05) is 78.6 Å². The van der Waals surface area contributed by atoms with Crippen molar-refractivity contribution >= 4 is 5.78 Å². The number of unbranched alkanes of at least 4 members (excludes halogenated alkanes) is 9. The van der Waals surface area contributed by atoms with Crippen LogP contribution in [0.15, 0.2) is 0 Å². The van der Waals surface area contributed by atoms with E-state index >= 15 is 0 Å². The lowest BCUT2D eigenvalue weighted by molar-refractivity contribution is -0.142. The highest BCUT2D eigenvalue weighted by Gasteiger charge is 2.33. The highest BCUT2D eigenvalue weighted by Crippen LogP contribution is 2.23. The molecule has 0 saturated carbocycles. The molecule has 0 aromatic rings. The second-order valence-electron chi connectivity index (χ2n) is 6.26. The fraction of sp³-hybridized carbons (Fsp3) is 0.947. The summed E-state index contributed by atoms with van der Waals surface area (Å²) >= 11 is 0. The number of hydrogen-bond acceptors (Lipinski definition) is 2. The third kappa shape index (κ3) is 8.60. The van der Waals surface area contributed by atoms with Gasteiger partial charge in [0, 0.05) is 13.5 Å². The predicted octanol–water partition coefficient (Wildman–Crippen LogP) is 6.07. The van der Waals surface area contributed by atoms with Crippen LogP contribution in [0.1, 0.15) is 104 Å². The first-order chi connectivity index (χ1) is 10.2. The Morgan fingerprint density at radius 2 is 1.19 bits per heavy atom. The SMILES string of the molecule is CCCCCCCCCCCCC(=O)C(CC)(CC)OC. The molecule has 2 heteroatoms. The topological polar surface area (TPSA) is 26.3 Å². The van der Waals surface area contributed by atoms with Gasteiger partial charge >= 0.3 is 0 Å². The van der Waals surface area contributed by atoms with Crippen molar-refractivity contribution in [2.45, 2.75) is 110 Å². The quantitative estimate of drug-likeness (QED) is 0.343. The zero-order valence-electron chi connectivity index (χ0n) is 15.0. The van der Waals surface area contributed by atoms with E-state index in [0.29, 0.717) is 12.2 Å². The number of rotatable bonds is 15. The van der Waals surface area contributed by atoms with Gasteiger partial charge in [-0.25, -0.2) is 0 Å². The minimum Gasteiger partial charge on any atom is -0.370 e. The van der Waals surface area contributed by atoms with E-state index in [1.807, 2.05) is 13.8 Å². The van der Waals surface area contributed by atoms with Crippen LogP contribution in [0.4, 0.5) is 0 Å². The van der Waals surface area contributed by atoms with E-state index in [9.17, 15) is 4.79 Å². The second-order valence-corrected chi connectivity index (χ2v) is 6.26. The maximum atomic E-state index is 12.3. The average molecular weight is 299 g/mol. The van der Waals surface area contributed by atoms with E-state index in [2.05, 4.69) is 6.92 Å². The fourth-order valence-corrected chi connectivity index (χ4v) is 3.05. The van der Waals surface area contributed by atoms with Crippen molar-refractivity contribution in [2.75, 3.05) is 7.11 Å². The minimum atomic E-state index is -0.515. The molecule has 0 aromatic heterocycles. The molecular formula is C19H38O2. The van der Waals surface area contributed by atoms with E-state index in [0.717, 1.165) is 19.3 Å².